The van der Waals surface area contributed by atoms with Crippen LogP contribution in [0.1, 0.15) is 32.6 Å². The first-order valence-electron chi connectivity index (χ1n) is 8.55. The fourth-order valence-corrected chi connectivity index (χ4v) is 3.71. The fourth-order valence-electron chi connectivity index (χ4n) is 3.51. The Morgan fingerprint density at radius 1 is 1.36 bits per heavy atom. The number of carbonyl (C=O) groups is 1. The van der Waals surface area contributed by atoms with E-state index >= 15 is 0 Å². The molecule has 7 nitrogen and oxygen atoms in total. The second-order valence-corrected chi connectivity index (χ2v) is 8.04. The highest BCUT2D eigenvalue weighted by Crippen LogP contribution is 2.47. The van der Waals surface area contributed by atoms with Crippen molar-refractivity contribution in [1.29, 1.82) is 0 Å². The lowest BCUT2D eigenvalue weighted by Crippen LogP contribution is -2.51. The Hall–Kier alpha value is -1.86. The Morgan fingerprint density at radius 2 is 2.04 bits per heavy atom. The van der Waals surface area contributed by atoms with E-state index in [1.165, 1.54) is 10.9 Å². The smallest absolute Gasteiger partial charge is 0.262 e. The summed E-state index contributed by atoms with van der Waals surface area (Å²) in [5.41, 5.74) is -0.989. The number of nitrogens with one attached hydrogen (secondary N) is 1. The second kappa shape index (κ2) is 5.57. The number of halogens is 1. The number of fused-ring (bicyclic) bond motifs is 1. The van der Waals surface area contributed by atoms with Gasteiger partial charge in [-0.05, 0) is 31.7 Å². The molecule has 1 amide bonds. The van der Waals surface area contributed by atoms with Crippen LogP contribution in [0.5, 0.6) is 0 Å². The number of nitrogens with zero attached hydrogens (tertiary/aromatic N) is 3. The zero-order valence-corrected chi connectivity index (χ0v) is 14.8. The monoisotopic (exact) mass is 364 g/mol. The van der Waals surface area contributed by atoms with Crippen LogP contribution in [0, 0.1) is 5.41 Å². The minimum atomic E-state index is -1.01. The third-order valence-electron chi connectivity index (χ3n) is 5.54. The predicted octanol–water partition coefficient (Wildman–Crippen LogP) is 1.53. The average molecular weight is 365 g/mol. The van der Waals surface area contributed by atoms with Crippen molar-refractivity contribution in [1.82, 2.24) is 19.4 Å². The highest BCUT2D eigenvalue weighted by Gasteiger charge is 2.48. The third kappa shape index (κ3) is 2.95. The minimum absolute atomic E-state index is 0.164. The highest BCUT2D eigenvalue weighted by molar-refractivity contribution is 6.30. The molecule has 2 aromatic rings. The molecule has 134 valence electrons. The van der Waals surface area contributed by atoms with E-state index in [9.17, 15) is 14.7 Å². The third-order valence-corrected chi connectivity index (χ3v) is 5.75. The lowest BCUT2D eigenvalue weighted by atomic mass is 9.90. The quantitative estimate of drug-likeness (QED) is 0.864. The summed E-state index contributed by atoms with van der Waals surface area (Å²) in [6.45, 7) is 3.20. The molecule has 2 aromatic heterocycles. The molecule has 1 saturated carbocycles. The van der Waals surface area contributed by atoms with Crippen LogP contribution < -0.4 is 5.56 Å². The van der Waals surface area contributed by atoms with Crippen LogP contribution in [0.4, 0.5) is 0 Å². The van der Waals surface area contributed by atoms with E-state index in [0.29, 0.717) is 42.1 Å². The minimum Gasteiger partial charge on any atom is -0.388 e. The topological polar surface area (TPSA) is 91.2 Å². The van der Waals surface area contributed by atoms with Gasteiger partial charge in [-0.25, -0.2) is 4.98 Å². The summed E-state index contributed by atoms with van der Waals surface area (Å²) in [4.78, 5) is 33.8. The van der Waals surface area contributed by atoms with Crippen LogP contribution in [0.3, 0.4) is 0 Å². The van der Waals surface area contributed by atoms with Gasteiger partial charge in [0.25, 0.3) is 5.56 Å². The number of likely N-dealkylation sites (tertiary alicyclic amines) is 1. The number of carbonyl (C=O) groups excluding carboxylic acids is 1. The van der Waals surface area contributed by atoms with Gasteiger partial charge in [0, 0.05) is 18.5 Å². The number of hydrogen-bond acceptors (Lipinski definition) is 4. The van der Waals surface area contributed by atoms with E-state index in [2.05, 4.69) is 9.97 Å². The number of hydrogen-bond donors (Lipinski definition) is 2. The van der Waals surface area contributed by atoms with Crippen molar-refractivity contribution in [2.45, 2.75) is 44.8 Å². The van der Waals surface area contributed by atoms with E-state index in [1.54, 1.807) is 6.07 Å². The maximum Gasteiger partial charge on any atom is 0.262 e. The first-order chi connectivity index (χ1) is 11.8. The van der Waals surface area contributed by atoms with Crippen molar-refractivity contribution in [3.8, 4) is 0 Å². The van der Waals surface area contributed by atoms with Gasteiger partial charge < -0.3 is 15.0 Å². The van der Waals surface area contributed by atoms with Gasteiger partial charge in [-0.2, -0.15) is 0 Å². The first-order valence-corrected chi connectivity index (χ1v) is 8.93. The molecule has 8 heteroatoms. The number of piperidine rings is 1. The van der Waals surface area contributed by atoms with Crippen molar-refractivity contribution < 1.29 is 9.90 Å². The van der Waals surface area contributed by atoms with Crippen LogP contribution in [0.2, 0.25) is 5.15 Å². The standard InChI is InChI=1S/C17H21ClN4O3/c1-16(2-3-16)15(24)21-6-4-17(25,5-7-21)9-22-10-19-13-11(14(22)23)8-12(18)20-13/h8,10,20,25H,2-7,9H2,1H3. The molecule has 0 bridgehead atoms. The van der Waals surface area contributed by atoms with Gasteiger partial charge in [-0.15, -0.1) is 0 Å². The summed E-state index contributed by atoms with van der Waals surface area (Å²) in [7, 11) is 0. The average Bonchev–Trinajstić information content (AvgIpc) is 3.20. The molecular weight excluding hydrogens is 344 g/mol. The van der Waals surface area contributed by atoms with Crippen LogP contribution in [-0.4, -0.2) is 49.1 Å². The fraction of sp³-hybridized carbons (Fsp3) is 0.588. The number of aromatic amines is 1. The van der Waals surface area contributed by atoms with Gasteiger partial charge in [0.2, 0.25) is 5.91 Å². The lowest BCUT2D eigenvalue weighted by molar-refractivity contribution is -0.141. The molecule has 1 aliphatic carbocycles. The van der Waals surface area contributed by atoms with Crippen molar-refractivity contribution in [3.05, 3.63) is 27.9 Å². The number of amides is 1. The van der Waals surface area contributed by atoms with Gasteiger partial charge in [0.05, 0.1) is 23.9 Å². The van der Waals surface area contributed by atoms with Crippen molar-refractivity contribution in [3.63, 3.8) is 0 Å². The van der Waals surface area contributed by atoms with Gasteiger partial charge in [0.15, 0.2) is 0 Å². The van der Waals surface area contributed by atoms with Gasteiger partial charge >= 0.3 is 0 Å². The number of aromatic nitrogens is 3. The maximum atomic E-state index is 12.5. The molecule has 0 aromatic carbocycles. The van der Waals surface area contributed by atoms with E-state index in [4.69, 9.17) is 11.6 Å². The van der Waals surface area contributed by atoms with E-state index in [0.717, 1.165) is 12.8 Å². The Kier molecular flexibility index (Phi) is 3.70. The summed E-state index contributed by atoms with van der Waals surface area (Å²) < 4.78 is 1.42. The summed E-state index contributed by atoms with van der Waals surface area (Å²) in [6.07, 6.45) is 4.23. The molecule has 1 saturated heterocycles. The molecule has 1 aliphatic heterocycles. The number of aliphatic hydroxyl groups is 1. The molecule has 0 spiro atoms. The number of rotatable bonds is 3. The van der Waals surface area contributed by atoms with Crippen LogP contribution >= 0.6 is 11.6 Å². The second-order valence-electron chi connectivity index (χ2n) is 7.63. The Balaban J connectivity index is 1.49. The largest absolute Gasteiger partial charge is 0.388 e. The maximum absolute atomic E-state index is 12.5. The molecule has 0 unspecified atom stereocenters. The summed E-state index contributed by atoms with van der Waals surface area (Å²) >= 11 is 5.88. The van der Waals surface area contributed by atoms with Gasteiger partial charge in [0.1, 0.15) is 10.8 Å². The Bertz CT molecular complexity index is 891. The van der Waals surface area contributed by atoms with Crippen molar-refractivity contribution in [2.75, 3.05) is 13.1 Å². The normalized spacial score (nSPS) is 21.5. The lowest BCUT2D eigenvalue weighted by Gasteiger charge is -2.39. The van der Waals surface area contributed by atoms with Crippen LogP contribution in [0.25, 0.3) is 11.0 Å². The zero-order valence-electron chi connectivity index (χ0n) is 14.1. The predicted molar refractivity (Wildman–Crippen MR) is 93.5 cm³/mol. The molecule has 2 aliphatic rings. The van der Waals surface area contributed by atoms with E-state index in [1.807, 2.05) is 11.8 Å². The first kappa shape index (κ1) is 16.6. The SMILES string of the molecule is CC1(C(=O)N2CCC(O)(Cn3cnc4[nH]c(Cl)cc4c3=O)CC2)CC1. The Morgan fingerprint density at radius 3 is 2.68 bits per heavy atom. The van der Waals surface area contributed by atoms with E-state index in [-0.39, 0.29) is 23.4 Å². The Labute approximate surface area is 149 Å². The van der Waals surface area contributed by atoms with Gasteiger partial charge in [-0.1, -0.05) is 18.5 Å². The molecule has 3 heterocycles. The summed E-state index contributed by atoms with van der Waals surface area (Å²) in [6, 6.07) is 1.55. The molecule has 4 rings (SSSR count). The van der Waals surface area contributed by atoms with Crippen LogP contribution in [-0.2, 0) is 11.3 Å². The van der Waals surface area contributed by atoms with Crippen molar-refractivity contribution >= 4 is 28.5 Å². The van der Waals surface area contributed by atoms with Crippen molar-refractivity contribution in [2.24, 2.45) is 5.41 Å². The summed E-state index contributed by atoms with van der Waals surface area (Å²) in [5, 5.41) is 11.7. The zero-order chi connectivity index (χ0) is 17.8. The summed E-state index contributed by atoms with van der Waals surface area (Å²) in [5.74, 6) is 0.191. The molecule has 2 fully saturated rings. The molecule has 25 heavy (non-hydrogen) atoms. The molecule has 0 radical (unpaired) electrons. The van der Waals surface area contributed by atoms with Crippen LogP contribution in [0.15, 0.2) is 17.2 Å². The molecular formula is C17H21ClN4O3. The number of H-pyrrole nitrogens is 1. The highest BCUT2D eigenvalue weighted by atomic mass is 35.5. The van der Waals surface area contributed by atoms with Gasteiger partial charge in [-0.3, -0.25) is 14.2 Å². The van der Waals surface area contributed by atoms with E-state index < -0.39 is 5.60 Å². The molecule has 0 atom stereocenters. The molecule has 2 N–H and O–H groups in total.